The van der Waals surface area contributed by atoms with Crippen LogP contribution in [0, 0.1) is 32.8 Å². The van der Waals surface area contributed by atoms with Crippen molar-refractivity contribution in [3.8, 4) is 17.8 Å². The largest absolute Gasteiger partial charge is 0.478 e. The first kappa shape index (κ1) is 13.7. The van der Waals surface area contributed by atoms with Gasteiger partial charge in [-0.3, -0.25) is 14.7 Å². The predicted molar refractivity (Wildman–Crippen MR) is 66.6 cm³/mol. The van der Waals surface area contributed by atoms with Gasteiger partial charge in [-0.2, -0.15) is 10.5 Å². The van der Waals surface area contributed by atoms with Crippen LogP contribution in [0.3, 0.4) is 0 Å². The molecule has 0 bridgehead atoms. The molecule has 0 radical (unpaired) electrons. The maximum atomic E-state index is 11.2. The summed E-state index contributed by atoms with van der Waals surface area (Å²) < 4.78 is 1.04. The van der Waals surface area contributed by atoms with E-state index in [9.17, 15) is 14.9 Å². The summed E-state index contributed by atoms with van der Waals surface area (Å²) in [5.74, 6) is -1.32. The highest BCUT2D eigenvalue weighted by atomic mass is 16.6. The molecule has 0 spiro atoms. The number of nitro groups is 1. The second kappa shape index (κ2) is 5.11. The van der Waals surface area contributed by atoms with E-state index in [1.165, 1.54) is 0 Å². The Morgan fingerprint density at radius 3 is 2.62 bits per heavy atom. The molecule has 9 nitrogen and oxygen atoms in total. The lowest BCUT2D eigenvalue weighted by atomic mass is 10.1. The Morgan fingerprint density at radius 1 is 1.38 bits per heavy atom. The minimum Gasteiger partial charge on any atom is -0.478 e. The first-order valence-electron chi connectivity index (χ1n) is 5.39. The van der Waals surface area contributed by atoms with Gasteiger partial charge in [-0.15, -0.1) is 0 Å². The molecule has 0 saturated heterocycles. The van der Waals surface area contributed by atoms with Crippen molar-refractivity contribution in [2.24, 2.45) is 0 Å². The highest BCUT2D eigenvalue weighted by Gasteiger charge is 2.20. The van der Waals surface area contributed by atoms with Gasteiger partial charge in [-0.1, -0.05) is 0 Å². The molecule has 1 N–H and O–H groups in total. The van der Waals surface area contributed by atoms with Gasteiger partial charge < -0.3 is 5.11 Å². The van der Waals surface area contributed by atoms with Gasteiger partial charge in [0.1, 0.15) is 18.5 Å². The van der Waals surface area contributed by atoms with Crippen LogP contribution < -0.4 is 0 Å². The van der Waals surface area contributed by atoms with E-state index < -0.39 is 10.9 Å². The number of aromatic nitrogens is 2. The monoisotopic (exact) mass is 283 g/mol. The Hall–Kier alpha value is -3.72. The predicted octanol–water partition coefficient (Wildman–Crippen LogP) is 1.22. The maximum Gasteiger partial charge on any atom is 0.337 e. The minimum atomic E-state index is -1.32. The number of aromatic carboxylic acids is 1. The first-order chi connectivity index (χ1) is 9.99. The molecule has 0 aliphatic heterocycles. The number of benzene rings is 1. The van der Waals surface area contributed by atoms with E-state index in [0.29, 0.717) is 0 Å². The van der Waals surface area contributed by atoms with Crippen LogP contribution in [-0.4, -0.2) is 25.6 Å². The van der Waals surface area contributed by atoms with Crippen molar-refractivity contribution in [3.63, 3.8) is 0 Å². The number of nitriles is 2. The number of hydrogen-bond donors (Lipinski definition) is 1. The molecule has 1 heterocycles. The summed E-state index contributed by atoms with van der Waals surface area (Å²) in [5, 5.41) is 37.8. The molecule has 0 atom stereocenters. The van der Waals surface area contributed by atoms with Gasteiger partial charge >= 0.3 is 5.97 Å². The lowest BCUT2D eigenvalue weighted by Gasteiger charge is -2.07. The maximum absolute atomic E-state index is 11.2. The minimum absolute atomic E-state index is 0.109. The Kier molecular flexibility index (Phi) is 3.33. The molecule has 21 heavy (non-hydrogen) atoms. The smallest absolute Gasteiger partial charge is 0.337 e. The molecular formula is C12H5N5O4. The van der Waals surface area contributed by atoms with Crippen molar-refractivity contribution in [1.29, 1.82) is 10.5 Å². The zero-order chi connectivity index (χ0) is 15.6. The molecule has 0 aliphatic carbocycles. The number of carbonyl (C=O) groups is 1. The van der Waals surface area contributed by atoms with Gasteiger partial charge in [0, 0.05) is 12.1 Å². The topological polar surface area (TPSA) is 146 Å². The van der Waals surface area contributed by atoms with E-state index in [1.54, 1.807) is 12.1 Å². The van der Waals surface area contributed by atoms with Gasteiger partial charge in [-0.25, -0.2) is 9.78 Å². The number of nitrogens with zero attached hydrogens (tertiary/aromatic N) is 5. The number of hydrogen-bond acceptors (Lipinski definition) is 6. The summed E-state index contributed by atoms with van der Waals surface area (Å²) in [6.07, 6.45) is 1.07. The molecule has 0 saturated carbocycles. The van der Waals surface area contributed by atoms with Crippen LogP contribution >= 0.6 is 0 Å². The Morgan fingerprint density at radius 2 is 2.10 bits per heavy atom. The van der Waals surface area contributed by atoms with Crippen molar-refractivity contribution >= 4 is 11.7 Å². The van der Waals surface area contributed by atoms with Crippen LogP contribution in [0.4, 0.5) is 5.69 Å². The van der Waals surface area contributed by atoms with Crippen molar-refractivity contribution in [2.75, 3.05) is 0 Å². The summed E-state index contributed by atoms with van der Waals surface area (Å²) in [4.78, 5) is 25.0. The van der Waals surface area contributed by atoms with Gasteiger partial charge in [0.05, 0.1) is 16.2 Å². The summed E-state index contributed by atoms with van der Waals surface area (Å²) in [6.45, 7) is 0. The van der Waals surface area contributed by atoms with Crippen LogP contribution in [0.15, 0.2) is 24.5 Å². The van der Waals surface area contributed by atoms with Crippen LogP contribution in [0.1, 0.15) is 21.7 Å². The highest BCUT2D eigenvalue weighted by molar-refractivity contribution is 5.92. The normalized spacial score (nSPS) is 9.62. The summed E-state index contributed by atoms with van der Waals surface area (Å²) >= 11 is 0. The molecule has 0 fully saturated rings. The fraction of sp³-hybridized carbons (Fsp3) is 0. The zero-order valence-electron chi connectivity index (χ0n) is 10.2. The van der Waals surface area contributed by atoms with Crippen molar-refractivity contribution in [2.45, 2.75) is 0 Å². The summed E-state index contributed by atoms with van der Waals surface area (Å²) in [5.41, 5.74) is -1.09. The van der Waals surface area contributed by atoms with E-state index in [1.807, 2.05) is 0 Å². The molecular weight excluding hydrogens is 278 g/mol. The van der Waals surface area contributed by atoms with E-state index in [2.05, 4.69) is 4.98 Å². The third-order valence-corrected chi connectivity index (χ3v) is 2.66. The lowest BCUT2D eigenvalue weighted by molar-refractivity contribution is -0.384. The number of carboxylic acid groups (broad SMARTS) is 1. The van der Waals surface area contributed by atoms with Gasteiger partial charge in [0.25, 0.3) is 5.69 Å². The zero-order valence-corrected chi connectivity index (χ0v) is 10.2. The Labute approximate surface area is 117 Å². The highest BCUT2D eigenvalue weighted by Crippen LogP contribution is 2.23. The third-order valence-electron chi connectivity index (χ3n) is 2.66. The van der Waals surface area contributed by atoms with Gasteiger partial charge in [0.15, 0.2) is 11.4 Å². The van der Waals surface area contributed by atoms with E-state index in [-0.39, 0.29) is 28.3 Å². The second-order valence-electron chi connectivity index (χ2n) is 3.80. The summed E-state index contributed by atoms with van der Waals surface area (Å²) in [6, 6.07) is 6.52. The lowest BCUT2D eigenvalue weighted by Crippen LogP contribution is -2.07. The molecule has 2 rings (SSSR count). The molecule has 1 aromatic carbocycles. The average Bonchev–Trinajstić information content (AvgIpc) is 2.88. The van der Waals surface area contributed by atoms with Crippen molar-refractivity contribution < 1.29 is 14.8 Å². The summed E-state index contributed by atoms with van der Waals surface area (Å²) in [7, 11) is 0. The molecule has 0 aliphatic rings. The SMILES string of the molecule is N#Cc1ncn(-c2cc([N+](=O)[O-])ccc2C(=O)O)c1C#N. The van der Waals surface area contributed by atoms with Gasteiger partial charge in [0.2, 0.25) is 0 Å². The molecule has 2 aromatic rings. The van der Waals surface area contributed by atoms with Crippen molar-refractivity contribution in [3.05, 3.63) is 51.6 Å². The van der Waals surface area contributed by atoms with Crippen LogP contribution in [0.5, 0.6) is 0 Å². The van der Waals surface area contributed by atoms with Crippen LogP contribution in [-0.2, 0) is 0 Å². The fourth-order valence-corrected chi connectivity index (χ4v) is 1.73. The fourth-order valence-electron chi connectivity index (χ4n) is 1.73. The number of imidazole rings is 1. The Balaban J connectivity index is 2.79. The van der Waals surface area contributed by atoms with Crippen LogP contribution in [0.25, 0.3) is 5.69 Å². The molecule has 9 heteroatoms. The molecule has 0 unspecified atom stereocenters. The number of rotatable bonds is 3. The average molecular weight is 283 g/mol. The first-order valence-corrected chi connectivity index (χ1v) is 5.39. The quantitative estimate of drug-likeness (QED) is 0.657. The Bertz CT molecular complexity index is 840. The second-order valence-corrected chi connectivity index (χ2v) is 3.80. The van der Waals surface area contributed by atoms with Crippen molar-refractivity contribution in [1.82, 2.24) is 9.55 Å². The molecule has 0 amide bonds. The molecule has 102 valence electrons. The van der Waals surface area contributed by atoms with Crippen LogP contribution in [0.2, 0.25) is 0 Å². The molecule has 1 aromatic heterocycles. The number of non-ortho nitro benzene ring substituents is 1. The van der Waals surface area contributed by atoms with E-state index >= 15 is 0 Å². The standard InChI is InChI=1S/C12H5N5O4/c13-4-9-11(5-14)16(6-15-9)10-3-7(17(20)21)1-2-8(10)12(18)19/h1-3,6H,(H,18,19). The number of carboxylic acids is 1. The third kappa shape index (κ3) is 2.27. The van der Waals surface area contributed by atoms with E-state index in [0.717, 1.165) is 29.1 Å². The van der Waals surface area contributed by atoms with Gasteiger partial charge in [-0.05, 0) is 6.07 Å². The van der Waals surface area contributed by atoms with E-state index in [4.69, 9.17) is 15.6 Å². The number of nitro benzene ring substituents is 1.